The second kappa shape index (κ2) is 5.35. The van der Waals surface area contributed by atoms with Gasteiger partial charge in [0, 0.05) is 23.9 Å². The van der Waals surface area contributed by atoms with Crippen molar-refractivity contribution in [1.82, 2.24) is 14.9 Å². The van der Waals surface area contributed by atoms with Gasteiger partial charge >= 0.3 is 0 Å². The summed E-state index contributed by atoms with van der Waals surface area (Å²) in [5.41, 5.74) is 1.70. The molecule has 4 nitrogen and oxygen atoms in total. The highest BCUT2D eigenvalue weighted by atomic mass is 79.9. The van der Waals surface area contributed by atoms with Gasteiger partial charge in [-0.15, -0.1) is 0 Å². The van der Waals surface area contributed by atoms with Gasteiger partial charge in [0.05, 0.1) is 12.1 Å². The van der Waals surface area contributed by atoms with Crippen molar-refractivity contribution < 1.29 is 4.79 Å². The summed E-state index contributed by atoms with van der Waals surface area (Å²) in [6, 6.07) is 5.70. The molecule has 0 atom stereocenters. The molecule has 0 spiro atoms. The third-order valence-electron chi connectivity index (χ3n) is 2.69. The lowest BCUT2D eigenvalue weighted by Gasteiger charge is -2.07. The normalized spacial score (nSPS) is 10.4. The van der Waals surface area contributed by atoms with Crippen molar-refractivity contribution in [2.24, 2.45) is 7.05 Å². The quantitative estimate of drug-likeness (QED) is 0.946. The molecule has 2 aromatic rings. The predicted octanol–water partition coefficient (Wildman–Crippen LogP) is 2.42. The van der Waals surface area contributed by atoms with Crippen LogP contribution in [0.2, 0.25) is 0 Å². The molecule has 0 aliphatic carbocycles. The maximum absolute atomic E-state index is 12.0. The lowest BCUT2D eigenvalue weighted by atomic mass is 10.1. The van der Waals surface area contributed by atoms with Crippen LogP contribution in [0.5, 0.6) is 0 Å². The average Bonchev–Trinajstić information content (AvgIpc) is 2.75. The zero-order chi connectivity index (χ0) is 13.1. The van der Waals surface area contributed by atoms with Gasteiger partial charge in [-0.25, -0.2) is 4.98 Å². The van der Waals surface area contributed by atoms with Crippen LogP contribution in [0, 0.1) is 6.92 Å². The Labute approximate surface area is 114 Å². The summed E-state index contributed by atoms with van der Waals surface area (Å²) in [5.74, 6) is 0.723. The zero-order valence-electron chi connectivity index (χ0n) is 10.3. The van der Waals surface area contributed by atoms with Crippen LogP contribution >= 0.6 is 15.9 Å². The molecule has 1 amide bonds. The van der Waals surface area contributed by atoms with Gasteiger partial charge in [-0.2, -0.15) is 0 Å². The van der Waals surface area contributed by atoms with Gasteiger partial charge in [0.15, 0.2) is 0 Å². The van der Waals surface area contributed by atoms with Crippen LogP contribution in [0.15, 0.2) is 35.1 Å². The first-order valence-corrected chi connectivity index (χ1v) is 6.38. The first-order valence-electron chi connectivity index (χ1n) is 5.58. The number of nitrogens with one attached hydrogen (secondary N) is 1. The molecule has 0 bridgehead atoms. The minimum absolute atomic E-state index is 0.103. The predicted molar refractivity (Wildman–Crippen MR) is 73.3 cm³/mol. The SMILES string of the molecule is Cc1ccc(Br)c(C(=O)NCc2nccn2C)c1. The number of benzene rings is 1. The molecule has 5 heteroatoms. The summed E-state index contributed by atoms with van der Waals surface area (Å²) in [6.45, 7) is 2.38. The van der Waals surface area contributed by atoms with Crippen LogP contribution in [-0.2, 0) is 13.6 Å². The second-order valence-corrected chi connectivity index (χ2v) is 4.97. The highest BCUT2D eigenvalue weighted by Crippen LogP contribution is 2.18. The smallest absolute Gasteiger partial charge is 0.252 e. The number of carbonyl (C=O) groups is 1. The largest absolute Gasteiger partial charge is 0.345 e. The second-order valence-electron chi connectivity index (χ2n) is 4.12. The van der Waals surface area contributed by atoms with Crippen LogP contribution in [0.4, 0.5) is 0 Å². The number of amides is 1. The molecule has 0 unspecified atom stereocenters. The molecule has 1 heterocycles. The lowest BCUT2D eigenvalue weighted by molar-refractivity contribution is 0.0949. The summed E-state index contributed by atoms with van der Waals surface area (Å²) in [4.78, 5) is 16.2. The van der Waals surface area contributed by atoms with Crippen molar-refractivity contribution in [2.45, 2.75) is 13.5 Å². The molecule has 0 radical (unpaired) electrons. The third-order valence-corrected chi connectivity index (χ3v) is 3.39. The minimum Gasteiger partial charge on any atom is -0.345 e. The lowest BCUT2D eigenvalue weighted by Crippen LogP contribution is -2.24. The van der Waals surface area contributed by atoms with Crippen LogP contribution in [0.1, 0.15) is 21.7 Å². The van der Waals surface area contributed by atoms with Gasteiger partial charge in [-0.05, 0) is 35.0 Å². The van der Waals surface area contributed by atoms with Crippen molar-refractivity contribution in [3.8, 4) is 0 Å². The van der Waals surface area contributed by atoms with Gasteiger partial charge in [-0.1, -0.05) is 11.6 Å². The van der Waals surface area contributed by atoms with E-state index in [1.807, 2.05) is 42.9 Å². The van der Waals surface area contributed by atoms with E-state index in [9.17, 15) is 4.79 Å². The summed E-state index contributed by atoms with van der Waals surface area (Å²) in [7, 11) is 1.90. The molecule has 2 rings (SSSR count). The molecule has 1 aromatic heterocycles. The Hall–Kier alpha value is -1.62. The number of rotatable bonds is 3. The highest BCUT2D eigenvalue weighted by molar-refractivity contribution is 9.10. The van der Waals surface area contributed by atoms with Crippen LogP contribution in [0.25, 0.3) is 0 Å². The van der Waals surface area contributed by atoms with Crippen LogP contribution < -0.4 is 5.32 Å². The monoisotopic (exact) mass is 307 g/mol. The van der Waals surface area contributed by atoms with Crippen molar-refractivity contribution >= 4 is 21.8 Å². The topological polar surface area (TPSA) is 46.9 Å². The molecule has 18 heavy (non-hydrogen) atoms. The maximum Gasteiger partial charge on any atom is 0.252 e. The fourth-order valence-electron chi connectivity index (χ4n) is 1.63. The van der Waals surface area contributed by atoms with Crippen molar-refractivity contribution in [3.63, 3.8) is 0 Å². The number of hydrogen-bond acceptors (Lipinski definition) is 2. The number of nitrogens with zero attached hydrogens (tertiary/aromatic N) is 2. The van der Waals surface area contributed by atoms with Gasteiger partial charge < -0.3 is 9.88 Å². The van der Waals surface area contributed by atoms with E-state index in [1.54, 1.807) is 6.20 Å². The number of aromatic nitrogens is 2. The van der Waals surface area contributed by atoms with Crippen molar-refractivity contribution in [1.29, 1.82) is 0 Å². The summed E-state index contributed by atoms with van der Waals surface area (Å²) in [6.07, 6.45) is 3.56. The van der Waals surface area contributed by atoms with E-state index < -0.39 is 0 Å². The van der Waals surface area contributed by atoms with Gasteiger partial charge in [0.25, 0.3) is 5.91 Å². The summed E-state index contributed by atoms with van der Waals surface area (Å²) < 4.78 is 2.68. The number of aryl methyl sites for hydroxylation is 2. The fraction of sp³-hybridized carbons (Fsp3) is 0.231. The Morgan fingerprint density at radius 3 is 2.94 bits per heavy atom. The van der Waals surface area contributed by atoms with Crippen molar-refractivity contribution in [2.75, 3.05) is 0 Å². The fourth-order valence-corrected chi connectivity index (χ4v) is 2.06. The Morgan fingerprint density at radius 1 is 1.50 bits per heavy atom. The summed E-state index contributed by atoms with van der Waals surface area (Å²) >= 11 is 3.38. The number of carbonyl (C=O) groups excluding carboxylic acids is 1. The number of hydrogen-bond donors (Lipinski definition) is 1. The molecule has 0 saturated heterocycles. The van der Waals surface area contributed by atoms with E-state index in [1.165, 1.54) is 0 Å². The molecular weight excluding hydrogens is 294 g/mol. The molecule has 0 saturated carbocycles. The molecule has 1 aromatic carbocycles. The molecule has 0 aliphatic rings. The average molecular weight is 308 g/mol. The van der Waals surface area contributed by atoms with E-state index in [2.05, 4.69) is 26.2 Å². The summed E-state index contributed by atoms with van der Waals surface area (Å²) in [5, 5.41) is 2.86. The Morgan fingerprint density at radius 2 is 2.28 bits per heavy atom. The molecular formula is C13H14BrN3O. The van der Waals surface area contributed by atoms with E-state index >= 15 is 0 Å². The first kappa shape index (κ1) is 12.8. The number of halogens is 1. The minimum atomic E-state index is -0.103. The Bertz CT molecular complexity index is 577. The van der Waals surface area contributed by atoms with E-state index in [4.69, 9.17) is 0 Å². The third kappa shape index (κ3) is 2.79. The van der Waals surface area contributed by atoms with Gasteiger partial charge in [0.2, 0.25) is 0 Å². The zero-order valence-corrected chi connectivity index (χ0v) is 11.9. The maximum atomic E-state index is 12.0. The van der Waals surface area contributed by atoms with E-state index in [0.29, 0.717) is 12.1 Å². The van der Waals surface area contributed by atoms with Gasteiger partial charge in [0.1, 0.15) is 5.82 Å². The molecule has 0 aliphatic heterocycles. The Balaban J connectivity index is 2.08. The van der Waals surface area contributed by atoms with E-state index in [0.717, 1.165) is 15.9 Å². The number of imidazole rings is 1. The molecule has 0 fully saturated rings. The van der Waals surface area contributed by atoms with Gasteiger partial charge in [-0.3, -0.25) is 4.79 Å². The Kier molecular flexibility index (Phi) is 3.81. The first-order chi connectivity index (χ1) is 8.58. The van der Waals surface area contributed by atoms with Crippen LogP contribution in [-0.4, -0.2) is 15.5 Å². The standard InChI is InChI=1S/C13H14BrN3O/c1-9-3-4-11(14)10(7-9)13(18)16-8-12-15-5-6-17(12)2/h3-7H,8H2,1-2H3,(H,16,18). The molecule has 1 N–H and O–H groups in total. The highest BCUT2D eigenvalue weighted by Gasteiger charge is 2.10. The van der Waals surface area contributed by atoms with Crippen LogP contribution in [0.3, 0.4) is 0 Å². The van der Waals surface area contributed by atoms with E-state index in [-0.39, 0.29) is 5.91 Å². The van der Waals surface area contributed by atoms with Crippen molar-refractivity contribution in [3.05, 3.63) is 52.0 Å². The molecule has 94 valence electrons.